The number of ketones is 1. The predicted molar refractivity (Wildman–Crippen MR) is 128 cm³/mol. The van der Waals surface area contributed by atoms with Crippen LogP contribution in [0.15, 0.2) is 40.0 Å². The molecule has 2 aliphatic rings. The lowest BCUT2D eigenvalue weighted by Gasteiger charge is -2.34. The molecule has 164 valence electrons. The number of rotatable bonds is 3. The van der Waals surface area contributed by atoms with E-state index in [1.54, 1.807) is 14.2 Å². The number of carbonyl (C=O) groups is 1. The van der Waals surface area contributed by atoms with Gasteiger partial charge in [0.15, 0.2) is 5.78 Å². The highest BCUT2D eigenvalue weighted by molar-refractivity contribution is 9.10. The number of halogens is 1. The highest BCUT2D eigenvalue weighted by Gasteiger charge is 2.39. The van der Waals surface area contributed by atoms with Crippen molar-refractivity contribution in [1.29, 1.82) is 0 Å². The molecule has 2 N–H and O–H groups in total. The Hall–Kier alpha value is -2.47. The highest BCUT2D eigenvalue weighted by Crippen LogP contribution is 2.48. The van der Waals surface area contributed by atoms with Crippen LogP contribution in [0.2, 0.25) is 0 Å². The molecule has 5 nitrogen and oxygen atoms in total. The van der Waals surface area contributed by atoms with E-state index in [9.17, 15) is 4.79 Å². The Morgan fingerprint density at radius 2 is 1.61 bits per heavy atom. The van der Waals surface area contributed by atoms with E-state index in [-0.39, 0.29) is 17.2 Å². The number of anilines is 2. The van der Waals surface area contributed by atoms with Crippen LogP contribution >= 0.6 is 15.9 Å². The van der Waals surface area contributed by atoms with Gasteiger partial charge in [0.2, 0.25) is 0 Å². The Morgan fingerprint density at radius 1 is 0.968 bits per heavy atom. The topological polar surface area (TPSA) is 59.6 Å². The fourth-order valence-corrected chi connectivity index (χ4v) is 5.04. The Bertz CT molecular complexity index is 1100. The zero-order valence-electron chi connectivity index (χ0n) is 18.9. The number of fused-ring (bicyclic) bond motifs is 1. The van der Waals surface area contributed by atoms with Crippen LogP contribution in [-0.2, 0) is 4.79 Å². The number of Topliss-reactive ketones (excluding diaryl/α,β-unsaturated/α-hetero) is 1. The average Bonchev–Trinajstić information content (AvgIpc) is 2.83. The van der Waals surface area contributed by atoms with Crippen LogP contribution in [0.4, 0.5) is 11.4 Å². The Balaban J connectivity index is 1.97. The first-order chi connectivity index (χ1) is 14.6. The molecule has 0 fully saturated rings. The molecular weight excluding hydrogens is 456 g/mol. The van der Waals surface area contributed by atoms with Gasteiger partial charge in [0.25, 0.3) is 0 Å². The van der Waals surface area contributed by atoms with Crippen molar-refractivity contribution in [2.75, 3.05) is 24.9 Å². The van der Waals surface area contributed by atoms with Crippen LogP contribution in [0.3, 0.4) is 0 Å². The van der Waals surface area contributed by atoms with Gasteiger partial charge in [-0.05, 0) is 77.0 Å². The molecule has 0 aromatic heterocycles. The minimum Gasteiger partial charge on any atom is -0.496 e. The zero-order chi connectivity index (χ0) is 22.5. The van der Waals surface area contributed by atoms with E-state index in [4.69, 9.17) is 9.47 Å². The standard InChI is InChI=1S/C25H29BrN2O3/c1-13-7-17-18(8-14(13)2)28-24(15-9-22(31-6)16(26)10-21(15)30-5)23-19(27-17)11-25(3,4)12-20(23)29/h7-10,24,27-28H,11-12H2,1-6H3. The van der Waals surface area contributed by atoms with Crippen molar-refractivity contribution in [3.8, 4) is 11.5 Å². The number of methoxy groups -OCH3 is 2. The summed E-state index contributed by atoms with van der Waals surface area (Å²) in [4.78, 5) is 13.5. The van der Waals surface area contributed by atoms with E-state index in [0.29, 0.717) is 17.9 Å². The molecule has 0 saturated carbocycles. The number of nitrogens with one attached hydrogen (secondary N) is 2. The summed E-state index contributed by atoms with van der Waals surface area (Å²) in [6.07, 6.45) is 1.31. The molecule has 1 atom stereocenters. The summed E-state index contributed by atoms with van der Waals surface area (Å²) in [5.41, 5.74) is 6.88. The van der Waals surface area contributed by atoms with Crippen molar-refractivity contribution in [1.82, 2.24) is 0 Å². The normalized spacial score (nSPS) is 19.6. The lowest BCUT2D eigenvalue weighted by Crippen LogP contribution is -2.31. The minimum absolute atomic E-state index is 0.0980. The number of hydrogen-bond donors (Lipinski definition) is 2. The van der Waals surface area contributed by atoms with E-state index in [1.807, 2.05) is 12.1 Å². The number of carbonyl (C=O) groups excluding carboxylic acids is 1. The molecule has 4 rings (SSSR count). The van der Waals surface area contributed by atoms with Gasteiger partial charge in [-0.15, -0.1) is 0 Å². The van der Waals surface area contributed by atoms with Gasteiger partial charge in [0.1, 0.15) is 11.5 Å². The fourth-order valence-electron chi connectivity index (χ4n) is 4.55. The maximum absolute atomic E-state index is 13.5. The number of allylic oxidation sites excluding steroid dienone is 1. The fraction of sp³-hybridized carbons (Fsp3) is 0.400. The summed E-state index contributed by atoms with van der Waals surface area (Å²) in [6, 6.07) is 7.78. The second-order valence-electron chi connectivity index (χ2n) is 9.25. The summed E-state index contributed by atoms with van der Waals surface area (Å²) < 4.78 is 12.1. The van der Waals surface area contributed by atoms with E-state index in [2.05, 4.69) is 66.4 Å². The number of ether oxygens (including phenoxy) is 2. The maximum atomic E-state index is 13.5. The second-order valence-corrected chi connectivity index (χ2v) is 10.1. The molecule has 1 aliphatic carbocycles. The van der Waals surface area contributed by atoms with Crippen molar-refractivity contribution >= 4 is 33.1 Å². The third-order valence-corrected chi connectivity index (χ3v) is 6.86. The van der Waals surface area contributed by atoms with Gasteiger partial charge < -0.3 is 20.1 Å². The van der Waals surface area contributed by atoms with Crippen LogP contribution in [-0.4, -0.2) is 20.0 Å². The average molecular weight is 485 g/mol. The third kappa shape index (κ3) is 3.93. The van der Waals surface area contributed by atoms with E-state index < -0.39 is 0 Å². The number of hydrogen-bond acceptors (Lipinski definition) is 5. The first-order valence-electron chi connectivity index (χ1n) is 10.5. The van der Waals surface area contributed by atoms with Gasteiger partial charge in [-0.3, -0.25) is 4.79 Å². The SMILES string of the molecule is COc1cc(C2Nc3cc(C)c(C)cc3NC3=C2C(=O)CC(C)(C)C3)c(OC)cc1Br. The van der Waals surface area contributed by atoms with Crippen LogP contribution in [0.1, 0.15) is 49.4 Å². The molecule has 6 heteroatoms. The van der Waals surface area contributed by atoms with Gasteiger partial charge >= 0.3 is 0 Å². The van der Waals surface area contributed by atoms with Gasteiger partial charge in [0, 0.05) is 23.3 Å². The largest absolute Gasteiger partial charge is 0.496 e. The molecule has 1 unspecified atom stereocenters. The predicted octanol–water partition coefficient (Wildman–Crippen LogP) is 6.31. The monoisotopic (exact) mass is 484 g/mol. The number of aryl methyl sites for hydroxylation is 2. The van der Waals surface area contributed by atoms with Crippen molar-refractivity contribution in [3.05, 3.63) is 56.7 Å². The maximum Gasteiger partial charge on any atom is 0.163 e. The summed E-state index contributed by atoms with van der Waals surface area (Å²) in [5, 5.41) is 7.26. The van der Waals surface area contributed by atoms with Crippen molar-refractivity contribution < 1.29 is 14.3 Å². The number of benzene rings is 2. The van der Waals surface area contributed by atoms with Gasteiger partial charge in [-0.2, -0.15) is 0 Å². The smallest absolute Gasteiger partial charge is 0.163 e. The summed E-state index contributed by atoms with van der Waals surface area (Å²) in [5.74, 6) is 1.55. The van der Waals surface area contributed by atoms with Crippen LogP contribution in [0, 0.1) is 19.3 Å². The summed E-state index contributed by atoms with van der Waals surface area (Å²) in [6.45, 7) is 8.50. The van der Waals surface area contributed by atoms with Crippen molar-refractivity contribution in [2.24, 2.45) is 5.41 Å². The van der Waals surface area contributed by atoms with Crippen LogP contribution < -0.4 is 20.1 Å². The van der Waals surface area contributed by atoms with Crippen molar-refractivity contribution in [2.45, 2.75) is 46.6 Å². The second kappa shape index (κ2) is 7.90. The minimum atomic E-state index is -0.355. The molecule has 0 radical (unpaired) electrons. The highest BCUT2D eigenvalue weighted by atomic mass is 79.9. The van der Waals surface area contributed by atoms with Gasteiger partial charge in [-0.1, -0.05) is 13.8 Å². The van der Waals surface area contributed by atoms with Gasteiger partial charge in [-0.25, -0.2) is 0 Å². The Labute approximate surface area is 192 Å². The van der Waals surface area contributed by atoms with E-state index >= 15 is 0 Å². The molecule has 2 aromatic carbocycles. The molecule has 0 saturated heterocycles. The molecule has 1 heterocycles. The first kappa shape index (κ1) is 21.8. The molecular formula is C25H29BrN2O3. The lowest BCUT2D eigenvalue weighted by atomic mass is 9.73. The third-order valence-electron chi connectivity index (χ3n) is 6.24. The van der Waals surface area contributed by atoms with Gasteiger partial charge in [0.05, 0.1) is 36.1 Å². The molecule has 2 aromatic rings. The van der Waals surface area contributed by atoms with Crippen molar-refractivity contribution in [3.63, 3.8) is 0 Å². The first-order valence-corrected chi connectivity index (χ1v) is 11.3. The van der Waals surface area contributed by atoms with Crippen LogP contribution in [0.25, 0.3) is 0 Å². The molecule has 1 aliphatic heterocycles. The summed E-state index contributed by atoms with van der Waals surface area (Å²) >= 11 is 3.54. The van der Waals surface area contributed by atoms with E-state index in [1.165, 1.54) is 11.1 Å². The lowest BCUT2D eigenvalue weighted by molar-refractivity contribution is -0.118. The van der Waals surface area contributed by atoms with E-state index in [0.717, 1.165) is 39.1 Å². The molecule has 31 heavy (non-hydrogen) atoms. The van der Waals surface area contributed by atoms with Crippen LogP contribution in [0.5, 0.6) is 11.5 Å². The quantitative estimate of drug-likeness (QED) is 0.534. The zero-order valence-corrected chi connectivity index (χ0v) is 20.5. The molecule has 0 amide bonds. The Kier molecular flexibility index (Phi) is 5.54. The summed E-state index contributed by atoms with van der Waals surface area (Å²) in [7, 11) is 3.29. The molecule has 0 spiro atoms. The molecule has 0 bridgehead atoms. The Morgan fingerprint density at radius 3 is 2.26 bits per heavy atom.